The molecule has 0 amide bonds. The van der Waals surface area contributed by atoms with Crippen LogP contribution in [0.2, 0.25) is 0 Å². The Labute approximate surface area is 79.3 Å². The van der Waals surface area contributed by atoms with Gasteiger partial charge in [0.1, 0.15) is 0 Å². The van der Waals surface area contributed by atoms with Crippen LogP contribution in [0.3, 0.4) is 0 Å². The number of nitrogens with one attached hydrogen (secondary N) is 1. The van der Waals surface area contributed by atoms with Crippen molar-refractivity contribution in [3.63, 3.8) is 0 Å². The molecule has 0 aromatic rings. The summed E-state index contributed by atoms with van der Waals surface area (Å²) in [5.41, 5.74) is 10.4. The summed E-state index contributed by atoms with van der Waals surface area (Å²) in [5, 5.41) is 3.09. The zero-order valence-electron chi connectivity index (χ0n) is 8.76. The number of guanidine groups is 2. The van der Waals surface area contributed by atoms with Crippen LogP contribution in [0.1, 0.15) is 27.7 Å². The fourth-order valence-corrected chi connectivity index (χ4v) is 0.710. The number of hydrogen-bond donors (Lipinski definition) is 3. The quantitative estimate of drug-likeness (QED) is 0.397. The molecule has 0 spiro atoms. The maximum Gasteiger partial charge on any atom is 0.221 e. The van der Waals surface area contributed by atoms with E-state index in [0.717, 1.165) is 0 Å². The van der Waals surface area contributed by atoms with Crippen LogP contribution in [0, 0.1) is 0 Å². The van der Waals surface area contributed by atoms with E-state index >= 15 is 0 Å². The van der Waals surface area contributed by atoms with Crippen molar-refractivity contribution in [2.24, 2.45) is 21.5 Å². The summed E-state index contributed by atoms with van der Waals surface area (Å²) in [7, 11) is 0. The molecular formula is C8H19N5. The molecular weight excluding hydrogens is 166 g/mol. The maximum atomic E-state index is 5.25. The van der Waals surface area contributed by atoms with E-state index in [4.69, 9.17) is 11.5 Å². The summed E-state index contributed by atoms with van der Waals surface area (Å²) in [6.45, 7) is 8.61. The van der Waals surface area contributed by atoms with Crippen molar-refractivity contribution in [1.29, 1.82) is 0 Å². The molecule has 0 heterocycles. The first-order chi connectivity index (χ1) is 5.85. The van der Waals surface area contributed by atoms with E-state index in [-0.39, 0.29) is 11.5 Å². The smallest absolute Gasteiger partial charge is 0.221 e. The Morgan fingerprint density at radius 1 is 1.31 bits per heavy atom. The average molecular weight is 185 g/mol. The second-order valence-corrected chi connectivity index (χ2v) is 3.71. The summed E-state index contributed by atoms with van der Waals surface area (Å²) in [6, 6.07) is 0. The van der Waals surface area contributed by atoms with E-state index in [1.807, 2.05) is 27.7 Å². The Morgan fingerprint density at radius 3 is 2.15 bits per heavy atom. The van der Waals surface area contributed by atoms with Gasteiger partial charge in [-0.2, -0.15) is 4.99 Å². The molecule has 0 aliphatic heterocycles. The molecule has 5 heteroatoms. The summed E-state index contributed by atoms with van der Waals surface area (Å²) in [6.07, 6.45) is 0. The SMILES string of the molecule is CCN=C(N=C(N)N)NC(C)(C)C. The molecule has 0 unspecified atom stereocenters. The Hall–Kier alpha value is -1.26. The topological polar surface area (TPSA) is 88.8 Å². The van der Waals surface area contributed by atoms with Gasteiger partial charge in [0, 0.05) is 12.1 Å². The zero-order chi connectivity index (χ0) is 10.5. The van der Waals surface area contributed by atoms with Crippen LogP contribution in [-0.4, -0.2) is 24.0 Å². The van der Waals surface area contributed by atoms with Gasteiger partial charge in [0.15, 0.2) is 5.96 Å². The molecule has 76 valence electrons. The van der Waals surface area contributed by atoms with Crippen LogP contribution in [0.25, 0.3) is 0 Å². The lowest BCUT2D eigenvalue weighted by Gasteiger charge is -2.21. The maximum absolute atomic E-state index is 5.25. The number of nitrogens with zero attached hydrogens (tertiary/aromatic N) is 2. The molecule has 0 saturated carbocycles. The van der Waals surface area contributed by atoms with Crippen LogP contribution >= 0.6 is 0 Å². The van der Waals surface area contributed by atoms with Crippen molar-refractivity contribution in [3.05, 3.63) is 0 Å². The summed E-state index contributed by atoms with van der Waals surface area (Å²) in [4.78, 5) is 7.97. The first-order valence-corrected chi connectivity index (χ1v) is 4.27. The van der Waals surface area contributed by atoms with Gasteiger partial charge in [0.25, 0.3) is 0 Å². The molecule has 0 bridgehead atoms. The molecule has 5 nitrogen and oxygen atoms in total. The monoisotopic (exact) mass is 185 g/mol. The highest BCUT2D eigenvalue weighted by Crippen LogP contribution is 1.98. The number of rotatable bonds is 1. The molecule has 0 aromatic heterocycles. The van der Waals surface area contributed by atoms with Crippen molar-refractivity contribution in [2.45, 2.75) is 33.2 Å². The van der Waals surface area contributed by atoms with Crippen molar-refractivity contribution < 1.29 is 0 Å². The minimum Gasteiger partial charge on any atom is -0.370 e. The highest BCUT2D eigenvalue weighted by molar-refractivity contribution is 5.93. The van der Waals surface area contributed by atoms with Crippen LogP contribution in [-0.2, 0) is 0 Å². The van der Waals surface area contributed by atoms with Crippen LogP contribution in [0.5, 0.6) is 0 Å². The highest BCUT2D eigenvalue weighted by Gasteiger charge is 2.11. The lowest BCUT2D eigenvalue weighted by atomic mass is 10.1. The zero-order valence-corrected chi connectivity index (χ0v) is 8.76. The van der Waals surface area contributed by atoms with E-state index in [2.05, 4.69) is 15.3 Å². The van der Waals surface area contributed by atoms with Crippen molar-refractivity contribution in [1.82, 2.24) is 5.32 Å². The second-order valence-electron chi connectivity index (χ2n) is 3.71. The second kappa shape index (κ2) is 4.69. The Bertz CT molecular complexity index is 207. The van der Waals surface area contributed by atoms with Gasteiger partial charge in [-0.05, 0) is 27.7 Å². The third-order valence-electron chi connectivity index (χ3n) is 1.03. The number of aliphatic imine (C=N–C) groups is 2. The Kier molecular flexibility index (Phi) is 4.23. The normalized spacial score (nSPS) is 12.5. The van der Waals surface area contributed by atoms with Gasteiger partial charge in [0.2, 0.25) is 5.96 Å². The van der Waals surface area contributed by atoms with Crippen LogP contribution in [0.15, 0.2) is 9.98 Å². The lowest BCUT2D eigenvalue weighted by molar-refractivity contribution is 0.508. The fraction of sp³-hybridized carbons (Fsp3) is 0.750. The van der Waals surface area contributed by atoms with Gasteiger partial charge in [-0.3, -0.25) is 4.99 Å². The van der Waals surface area contributed by atoms with E-state index in [1.54, 1.807) is 0 Å². The minimum absolute atomic E-state index is 0.0175. The lowest BCUT2D eigenvalue weighted by Crippen LogP contribution is -2.41. The third kappa shape index (κ3) is 7.11. The first-order valence-electron chi connectivity index (χ1n) is 4.27. The summed E-state index contributed by atoms with van der Waals surface area (Å²) >= 11 is 0. The minimum atomic E-state index is -0.0903. The Morgan fingerprint density at radius 2 is 1.85 bits per heavy atom. The van der Waals surface area contributed by atoms with Gasteiger partial charge in [-0.1, -0.05) is 0 Å². The Balaban J connectivity index is 4.47. The van der Waals surface area contributed by atoms with Gasteiger partial charge >= 0.3 is 0 Å². The van der Waals surface area contributed by atoms with Gasteiger partial charge in [-0.25, -0.2) is 0 Å². The third-order valence-corrected chi connectivity index (χ3v) is 1.03. The van der Waals surface area contributed by atoms with Gasteiger partial charge in [-0.15, -0.1) is 0 Å². The largest absolute Gasteiger partial charge is 0.370 e. The summed E-state index contributed by atoms with van der Waals surface area (Å²) < 4.78 is 0. The molecule has 0 saturated heterocycles. The molecule has 5 N–H and O–H groups in total. The van der Waals surface area contributed by atoms with Crippen molar-refractivity contribution in [3.8, 4) is 0 Å². The van der Waals surface area contributed by atoms with Crippen LogP contribution in [0.4, 0.5) is 0 Å². The standard InChI is InChI=1S/C8H19N5/c1-5-11-7(12-6(9)10)13-8(2,3)4/h5H2,1-4H3,(H5,9,10,11,12,13). The molecule has 0 aliphatic carbocycles. The van der Waals surface area contributed by atoms with Crippen molar-refractivity contribution >= 4 is 11.9 Å². The summed E-state index contributed by atoms with van der Waals surface area (Å²) in [5.74, 6) is 0.499. The predicted octanol–water partition coefficient (Wildman–Crippen LogP) is 0.0238. The molecule has 0 fully saturated rings. The predicted molar refractivity (Wildman–Crippen MR) is 56.7 cm³/mol. The molecule has 0 aliphatic rings. The van der Waals surface area contributed by atoms with E-state index < -0.39 is 0 Å². The van der Waals surface area contributed by atoms with Gasteiger partial charge in [0.05, 0.1) is 0 Å². The average Bonchev–Trinajstić information content (AvgIpc) is 1.81. The molecule has 13 heavy (non-hydrogen) atoms. The first kappa shape index (κ1) is 11.7. The van der Waals surface area contributed by atoms with E-state index in [9.17, 15) is 0 Å². The molecule has 0 aromatic carbocycles. The van der Waals surface area contributed by atoms with E-state index in [1.165, 1.54) is 0 Å². The van der Waals surface area contributed by atoms with E-state index in [0.29, 0.717) is 12.5 Å². The van der Waals surface area contributed by atoms with Gasteiger partial charge < -0.3 is 16.8 Å². The number of hydrogen-bond acceptors (Lipinski definition) is 1. The number of nitrogens with two attached hydrogens (primary N) is 2. The van der Waals surface area contributed by atoms with Crippen molar-refractivity contribution in [2.75, 3.05) is 6.54 Å². The fourth-order valence-electron chi connectivity index (χ4n) is 0.710. The van der Waals surface area contributed by atoms with Crippen LogP contribution < -0.4 is 16.8 Å². The molecule has 0 rings (SSSR count). The highest BCUT2D eigenvalue weighted by atomic mass is 15.2. The molecule has 0 atom stereocenters. The molecule has 0 radical (unpaired) electrons.